The fraction of sp³-hybridized carbons (Fsp3) is 0.556. The summed E-state index contributed by atoms with van der Waals surface area (Å²) in [5, 5.41) is 8.89. The Balaban J connectivity index is 2.96. The second kappa shape index (κ2) is 9.44. The van der Waals surface area contributed by atoms with Crippen LogP contribution in [0.3, 0.4) is 0 Å². The van der Waals surface area contributed by atoms with Crippen molar-refractivity contribution in [2.45, 2.75) is 33.7 Å². The van der Waals surface area contributed by atoms with Crippen LogP contribution < -0.4 is 4.74 Å². The van der Waals surface area contributed by atoms with Crippen molar-refractivity contribution in [2.24, 2.45) is 5.92 Å². The summed E-state index contributed by atoms with van der Waals surface area (Å²) in [5.41, 5.74) is 2.12. The van der Waals surface area contributed by atoms with Gasteiger partial charge in [-0.05, 0) is 36.2 Å². The van der Waals surface area contributed by atoms with Crippen molar-refractivity contribution in [3.8, 4) is 17.6 Å². The maximum absolute atomic E-state index is 8.89. The lowest BCUT2D eigenvalue weighted by Crippen LogP contribution is -2.28. The van der Waals surface area contributed by atoms with Crippen molar-refractivity contribution < 1.29 is 9.84 Å². The highest BCUT2D eigenvalue weighted by atomic mass is 16.5. The van der Waals surface area contributed by atoms with E-state index in [1.165, 1.54) is 6.42 Å². The predicted octanol–water partition coefficient (Wildman–Crippen LogP) is 2.91. The van der Waals surface area contributed by atoms with Gasteiger partial charge in [0.1, 0.15) is 12.4 Å². The maximum Gasteiger partial charge on any atom is 0.119 e. The van der Waals surface area contributed by atoms with Gasteiger partial charge in [0.15, 0.2) is 0 Å². The van der Waals surface area contributed by atoms with Crippen molar-refractivity contribution in [3.63, 3.8) is 0 Å². The molecule has 1 unspecified atom stereocenters. The summed E-state index contributed by atoms with van der Waals surface area (Å²) in [6.07, 6.45) is 1.19. The highest BCUT2D eigenvalue weighted by Crippen LogP contribution is 2.19. The fourth-order valence-electron chi connectivity index (χ4n) is 2.20. The van der Waals surface area contributed by atoms with Gasteiger partial charge < -0.3 is 9.84 Å². The van der Waals surface area contributed by atoms with Crippen molar-refractivity contribution in [1.29, 1.82) is 0 Å². The second-order valence-electron chi connectivity index (χ2n) is 5.32. The molecule has 1 aromatic rings. The third-order valence-corrected chi connectivity index (χ3v) is 3.72. The van der Waals surface area contributed by atoms with Crippen LogP contribution in [0.4, 0.5) is 0 Å². The van der Waals surface area contributed by atoms with Gasteiger partial charge >= 0.3 is 0 Å². The first-order chi connectivity index (χ1) is 10.1. The van der Waals surface area contributed by atoms with Gasteiger partial charge in [-0.15, -0.1) is 0 Å². The van der Waals surface area contributed by atoms with Crippen LogP contribution >= 0.6 is 0 Å². The normalized spacial score (nSPS) is 11.9. The van der Waals surface area contributed by atoms with E-state index in [0.29, 0.717) is 5.92 Å². The summed E-state index contributed by atoms with van der Waals surface area (Å²) in [5.74, 6) is 7.29. The molecule has 0 amide bonds. The van der Waals surface area contributed by atoms with E-state index >= 15 is 0 Å². The lowest BCUT2D eigenvalue weighted by Gasteiger charge is -2.24. The van der Waals surface area contributed by atoms with Crippen LogP contribution in [0.15, 0.2) is 18.2 Å². The molecule has 3 nitrogen and oxygen atoms in total. The molecule has 1 N–H and O–H groups in total. The minimum absolute atomic E-state index is 0.115. The van der Waals surface area contributed by atoms with Gasteiger partial charge in [0.05, 0.1) is 7.11 Å². The van der Waals surface area contributed by atoms with E-state index in [0.717, 1.165) is 36.5 Å². The highest BCUT2D eigenvalue weighted by Gasteiger charge is 2.11. The van der Waals surface area contributed by atoms with Crippen LogP contribution in [-0.4, -0.2) is 36.8 Å². The van der Waals surface area contributed by atoms with Crippen LogP contribution in [0.2, 0.25) is 0 Å². The summed E-state index contributed by atoms with van der Waals surface area (Å²) in [4.78, 5) is 2.42. The summed E-state index contributed by atoms with van der Waals surface area (Å²) < 4.78 is 5.32. The topological polar surface area (TPSA) is 32.7 Å². The van der Waals surface area contributed by atoms with Gasteiger partial charge in [-0.1, -0.05) is 39.0 Å². The van der Waals surface area contributed by atoms with Crippen molar-refractivity contribution in [3.05, 3.63) is 29.3 Å². The number of benzene rings is 1. The Morgan fingerprint density at radius 1 is 1.33 bits per heavy atom. The third kappa shape index (κ3) is 5.79. The Hall–Kier alpha value is -1.50. The Morgan fingerprint density at radius 2 is 2.10 bits per heavy atom. The molecule has 0 aliphatic carbocycles. The lowest BCUT2D eigenvalue weighted by molar-refractivity contribution is 0.237. The molecule has 21 heavy (non-hydrogen) atoms. The number of hydrogen-bond acceptors (Lipinski definition) is 3. The smallest absolute Gasteiger partial charge is 0.119 e. The molecule has 0 bridgehead atoms. The van der Waals surface area contributed by atoms with Crippen LogP contribution in [0, 0.1) is 17.8 Å². The van der Waals surface area contributed by atoms with Crippen molar-refractivity contribution in [1.82, 2.24) is 4.90 Å². The summed E-state index contributed by atoms with van der Waals surface area (Å²) in [6.45, 7) is 9.51. The maximum atomic E-state index is 8.89. The molecular weight excluding hydrogens is 262 g/mol. The first-order valence-corrected chi connectivity index (χ1v) is 7.63. The molecule has 0 heterocycles. The van der Waals surface area contributed by atoms with E-state index in [9.17, 15) is 0 Å². The van der Waals surface area contributed by atoms with Gasteiger partial charge in [0.25, 0.3) is 0 Å². The lowest BCUT2D eigenvalue weighted by atomic mass is 10.0. The van der Waals surface area contributed by atoms with Crippen LogP contribution in [0.1, 0.15) is 38.3 Å². The molecule has 0 aromatic heterocycles. The zero-order chi connectivity index (χ0) is 15.7. The molecular formula is C18H27NO2. The van der Waals surface area contributed by atoms with Crippen LogP contribution in [0.5, 0.6) is 5.75 Å². The SMILES string of the molecule is CCC(C)CN(CC)Cc1cc(OC)ccc1C#CCO. The summed E-state index contributed by atoms with van der Waals surface area (Å²) in [6, 6.07) is 5.92. The number of nitrogens with zero attached hydrogens (tertiary/aromatic N) is 1. The minimum atomic E-state index is -0.115. The van der Waals surface area contributed by atoms with Gasteiger partial charge in [0.2, 0.25) is 0 Å². The number of aliphatic hydroxyl groups excluding tert-OH is 1. The molecule has 0 saturated heterocycles. The van der Waals surface area contributed by atoms with Crippen LogP contribution in [-0.2, 0) is 6.54 Å². The first kappa shape index (κ1) is 17.6. The number of aliphatic hydroxyl groups is 1. The Morgan fingerprint density at radius 3 is 2.67 bits per heavy atom. The molecule has 0 aliphatic rings. The van der Waals surface area contributed by atoms with Gasteiger partial charge in [-0.25, -0.2) is 0 Å². The molecule has 1 atom stereocenters. The molecule has 116 valence electrons. The minimum Gasteiger partial charge on any atom is -0.497 e. The molecule has 1 rings (SSSR count). The predicted molar refractivity (Wildman–Crippen MR) is 87.4 cm³/mol. The van der Waals surface area contributed by atoms with E-state index < -0.39 is 0 Å². The van der Waals surface area contributed by atoms with Crippen LogP contribution in [0.25, 0.3) is 0 Å². The fourth-order valence-corrected chi connectivity index (χ4v) is 2.20. The van der Waals surface area contributed by atoms with E-state index in [2.05, 4.69) is 37.5 Å². The van der Waals surface area contributed by atoms with Gasteiger partial charge in [-0.2, -0.15) is 0 Å². The van der Waals surface area contributed by atoms with Gasteiger partial charge in [-0.3, -0.25) is 4.90 Å². The van der Waals surface area contributed by atoms with E-state index in [4.69, 9.17) is 9.84 Å². The summed E-state index contributed by atoms with van der Waals surface area (Å²) in [7, 11) is 1.68. The molecule has 0 saturated carbocycles. The second-order valence-corrected chi connectivity index (χ2v) is 5.32. The van der Waals surface area contributed by atoms with Crippen molar-refractivity contribution >= 4 is 0 Å². The average Bonchev–Trinajstić information content (AvgIpc) is 2.52. The van der Waals surface area contributed by atoms with E-state index in [-0.39, 0.29) is 6.61 Å². The van der Waals surface area contributed by atoms with E-state index in [1.807, 2.05) is 18.2 Å². The Labute approximate surface area is 128 Å². The standard InChI is InChI=1S/C18H27NO2/c1-5-15(3)13-19(6-2)14-17-12-18(21-4)10-9-16(17)8-7-11-20/h9-10,12,15,20H,5-6,11,13-14H2,1-4H3. The molecule has 0 fully saturated rings. The number of ether oxygens (including phenoxy) is 1. The number of rotatable bonds is 7. The zero-order valence-corrected chi connectivity index (χ0v) is 13.6. The highest BCUT2D eigenvalue weighted by molar-refractivity contribution is 5.45. The molecule has 0 radical (unpaired) electrons. The number of methoxy groups -OCH3 is 1. The largest absolute Gasteiger partial charge is 0.497 e. The van der Waals surface area contributed by atoms with Crippen molar-refractivity contribution in [2.75, 3.05) is 26.8 Å². The molecule has 0 spiro atoms. The van der Waals surface area contributed by atoms with Gasteiger partial charge in [0, 0.05) is 18.7 Å². The quantitative estimate of drug-likeness (QED) is 0.783. The molecule has 0 aliphatic heterocycles. The van der Waals surface area contributed by atoms with E-state index in [1.54, 1.807) is 7.11 Å². The Bertz CT molecular complexity index is 488. The zero-order valence-electron chi connectivity index (χ0n) is 13.6. The monoisotopic (exact) mass is 289 g/mol. The summed E-state index contributed by atoms with van der Waals surface area (Å²) >= 11 is 0. The first-order valence-electron chi connectivity index (χ1n) is 7.63. The average molecular weight is 289 g/mol. The third-order valence-electron chi connectivity index (χ3n) is 3.72. The molecule has 1 aromatic carbocycles. The number of hydrogen-bond donors (Lipinski definition) is 1. The molecule has 3 heteroatoms. The Kier molecular flexibility index (Phi) is 7.89.